The van der Waals surface area contributed by atoms with Crippen molar-refractivity contribution in [2.24, 2.45) is 0 Å². The molecular weight excluding hydrogens is 643 g/mol. The molecule has 43 heavy (non-hydrogen) atoms. The van der Waals surface area contributed by atoms with Crippen LogP contribution in [0.5, 0.6) is 0 Å². The second-order valence-electron chi connectivity index (χ2n) is 9.79. The van der Waals surface area contributed by atoms with Gasteiger partial charge in [0, 0.05) is 16.7 Å². The van der Waals surface area contributed by atoms with Crippen molar-refractivity contribution < 1.29 is 29.7 Å². The Morgan fingerprint density at radius 2 is 0.581 bits per heavy atom. The van der Waals surface area contributed by atoms with E-state index >= 15 is 0 Å². The molecule has 6 aromatic carbocycles. The molecule has 0 saturated carbocycles. The van der Waals surface area contributed by atoms with Gasteiger partial charge in [-0.2, -0.15) is 0 Å². The smallest absolute Gasteiger partial charge is 0.545 e. The summed E-state index contributed by atoms with van der Waals surface area (Å²) >= 11 is 0. The van der Waals surface area contributed by atoms with Crippen molar-refractivity contribution in [3.63, 3.8) is 0 Å². The Bertz CT molecular complexity index is 1740. The second-order valence-corrected chi connectivity index (χ2v) is 9.79. The van der Waals surface area contributed by atoms with E-state index in [1.807, 2.05) is 75.4 Å². The fraction of sp³-hybridized carbons (Fsp3) is 0.0833. The van der Waals surface area contributed by atoms with Crippen LogP contribution in [0.2, 0.25) is 0 Å². The van der Waals surface area contributed by atoms with E-state index in [2.05, 4.69) is 0 Å². The molecule has 0 aliphatic carbocycles. The van der Waals surface area contributed by atoms with E-state index in [0.29, 0.717) is 0 Å². The van der Waals surface area contributed by atoms with Crippen LogP contribution >= 0.6 is 0 Å². The van der Waals surface area contributed by atoms with Crippen LogP contribution in [-0.2, 0) is 0 Å². The summed E-state index contributed by atoms with van der Waals surface area (Å²) in [5.74, 6) is -3.37. The molecule has 0 saturated heterocycles. The Labute approximate surface area is 268 Å². The van der Waals surface area contributed by atoms with Crippen LogP contribution in [0.4, 0.5) is 0 Å². The Balaban J connectivity index is 0.000000175. The van der Waals surface area contributed by atoms with Crippen LogP contribution in [-0.4, -0.2) is 43.8 Å². The quantitative estimate of drug-likeness (QED) is 0.279. The standard InChI is InChI=1S/3C12H10O2.In/c3*1-8-6-7-11(12(13)14)10-5-3-2-4-9(8)10;/h3*2-7H,1H3,(H,13,14);/q;;;+3/p-3. The van der Waals surface area contributed by atoms with Gasteiger partial charge >= 0.3 is 25.8 Å². The van der Waals surface area contributed by atoms with Gasteiger partial charge < -0.3 is 29.7 Å². The summed E-state index contributed by atoms with van der Waals surface area (Å²) in [4.78, 5) is 32.4. The molecule has 0 N–H and O–H groups in total. The fourth-order valence-corrected chi connectivity index (χ4v) is 4.88. The van der Waals surface area contributed by atoms with Crippen LogP contribution in [0, 0.1) is 20.8 Å². The fourth-order valence-electron chi connectivity index (χ4n) is 4.88. The Kier molecular flexibility index (Phi) is 11.1. The molecule has 7 heteroatoms. The molecule has 0 heterocycles. The van der Waals surface area contributed by atoms with E-state index in [1.165, 1.54) is 0 Å². The van der Waals surface area contributed by atoms with Gasteiger partial charge in [-0.05, 0) is 69.8 Å². The minimum Gasteiger partial charge on any atom is -0.545 e. The van der Waals surface area contributed by atoms with E-state index in [4.69, 9.17) is 0 Å². The minimum absolute atomic E-state index is 0. The summed E-state index contributed by atoms with van der Waals surface area (Å²) in [5.41, 5.74) is 3.99. The molecule has 6 nitrogen and oxygen atoms in total. The van der Waals surface area contributed by atoms with E-state index < -0.39 is 17.9 Å². The average molecular weight is 670 g/mol. The molecule has 0 spiro atoms. The zero-order valence-corrected chi connectivity index (χ0v) is 27.2. The van der Waals surface area contributed by atoms with Gasteiger partial charge in [-0.25, -0.2) is 0 Å². The molecule has 6 rings (SSSR count). The van der Waals surface area contributed by atoms with E-state index in [1.54, 1.807) is 54.6 Å². The molecule has 0 aliphatic rings. The number of benzene rings is 6. The summed E-state index contributed by atoms with van der Waals surface area (Å²) in [6.07, 6.45) is 0. The normalized spacial score (nSPS) is 10.1. The number of fused-ring (bicyclic) bond motifs is 3. The molecular formula is C36H27InO6. The number of hydrogen-bond acceptors (Lipinski definition) is 6. The SMILES string of the molecule is Cc1ccc(C(=O)[O-])c2ccccc12.Cc1ccc(C(=O)[O-])c2ccccc12.Cc1ccc(C(=O)[O-])c2ccccc12.[In+3]. The van der Waals surface area contributed by atoms with Crippen molar-refractivity contribution in [1.29, 1.82) is 0 Å². The maximum atomic E-state index is 10.8. The number of carbonyl (C=O) groups is 3. The molecule has 0 fully saturated rings. The molecule has 0 bridgehead atoms. The minimum atomic E-state index is -1.12. The number of rotatable bonds is 3. The zero-order valence-electron chi connectivity index (χ0n) is 23.9. The summed E-state index contributed by atoms with van der Waals surface area (Å²) in [6.45, 7) is 5.88. The number of carboxylic acid groups (broad SMARTS) is 3. The van der Waals surface area contributed by atoms with Gasteiger partial charge in [0.25, 0.3) is 0 Å². The summed E-state index contributed by atoms with van der Waals surface area (Å²) in [5, 5.41) is 37.6. The van der Waals surface area contributed by atoms with Crippen LogP contribution in [0.15, 0.2) is 109 Å². The van der Waals surface area contributed by atoms with Gasteiger partial charge in [0.05, 0.1) is 17.9 Å². The number of hydrogen-bond donors (Lipinski definition) is 0. The van der Waals surface area contributed by atoms with Crippen molar-refractivity contribution >= 4 is 76.1 Å². The number of carboxylic acids is 3. The molecule has 210 valence electrons. The maximum Gasteiger partial charge on any atom is 3.00 e. The molecule has 6 aromatic rings. The Morgan fingerprint density at radius 3 is 0.791 bits per heavy atom. The first-order valence-electron chi connectivity index (χ1n) is 13.2. The largest absolute Gasteiger partial charge is 3.00 e. The number of carbonyl (C=O) groups excluding carboxylic acids is 3. The summed E-state index contributed by atoms with van der Waals surface area (Å²) in [7, 11) is 0. The Morgan fingerprint density at radius 1 is 0.372 bits per heavy atom. The summed E-state index contributed by atoms with van der Waals surface area (Å²) in [6, 6.07) is 32.5. The van der Waals surface area contributed by atoms with Crippen LogP contribution in [0.3, 0.4) is 0 Å². The number of aromatic carboxylic acids is 3. The summed E-state index contributed by atoms with van der Waals surface area (Å²) < 4.78 is 0. The number of aryl methyl sites for hydroxylation is 3. The Hall–Kier alpha value is -4.62. The van der Waals surface area contributed by atoms with Gasteiger partial charge in [0.1, 0.15) is 0 Å². The molecule has 0 unspecified atom stereocenters. The van der Waals surface area contributed by atoms with Crippen molar-refractivity contribution in [2.75, 3.05) is 0 Å². The first-order valence-corrected chi connectivity index (χ1v) is 13.2. The van der Waals surface area contributed by atoms with Gasteiger partial charge in [0.15, 0.2) is 0 Å². The van der Waals surface area contributed by atoms with Crippen LogP contribution in [0.1, 0.15) is 47.8 Å². The first-order chi connectivity index (χ1) is 20.1. The van der Waals surface area contributed by atoms with Crippen LogP contribution in [0.25, 0.3) is 32.3 Å². The van der Waals surface area contributed by atoms with Crippen molar-refractivity contribution in [2.45, 2.75) is 20.8 Å². The zero-order chi connectivity index (χ0) is 30.4. The third-order valence-electron chi connectivity index (χ3n) is 7.09. The van der Waals surface area contributed by atoms with E-state index in [9.17, 15) is 29.7 Å². The predicted molar refractivity (Wildman–Crippen MR) is 165 cm³/mol. The van der Waals surface area contributed by atoms with Crippen molar-refractivity contribution in [3.8, 4) is 0 Å². The van der Waals surface area contributed by atoms with E-state index in [0.717, 1.165) is 49.0 Å². The van der Waals surface area contributed by atoms with Crippen molar-refractivity contribution in [3.05, 3.63) is 143 Å². The molecule has 0 aromatic heterocycles. The van der Waals surface area contributed by atoms with Crippen LogP contribution < -0.4 is 15.3 Å². The van der Waals surface area contributed by atoms with Gasteiger partial charge in [-0.3, -0.25) is 0 Å². The molecule has 0 atom stereocenters. The van der Waals surface area contributed by atoms with E-state index in [-0.39, 0.29) is 42.5 Å². The van der Waals surface area contributed by atoms with Gasteiger partial charge in [0.2, 0.25) is 0 Å². The molecule has 0 amide bonds. The van der Waals surface area contributed by atoms with Gasteiger partial charge in [-0.15, -0.1) is 0 Å². The third kappa shape index (κ3) is 7.43. The maximum absolute atomic E-state index is 10.8. The predicted octanol–water partition coefficient (Wildman–Crippen LogP) is 4.15. The monoisotopic (exact) mass is 670 g/mol. The second kappa shape index (κ2) is 14.5. The third-order valence-corrected chi connectivity index (χ3v) is 7.09. The van der Waals surface area contributed by atoms with Gasteiger partial charge in [-0.1, -0.05) is 109 Å². The molecule has 0 radical (unpaired) electrons. The average Bonchev–Trinajstić information content (AvgIpc) is 2.98. The molecule has 0 aliphatic heterocycles. The van der Waals surface area contributed by atoms with Crippen molar-refractivity contribution in [1.82, 2.24) is 0 Å². The topological polar surface area (TPSA) is 120 Å². The first kappa shape index (κ1) is 32.9.